The highest BCUT2D eigenvalue weighted by Crippen LogP contribution is 2.21. The molecule has 0 amide bonds. The van der Waals surface area contributed by atoms with Crippen LogP contribution in [0.5, 0.6) is 0 Å². The number of halogens is 1. The fourth-order valence-electron chi connectivity index (χ4n) is 1.31. The van der Waals surface area contributed by atoms with Gasteiger partial charge in [0, 0.05) is 0 Å². The average molecular weight is 258 g/mol. The maximum atomic E-state index is 9.21. The first kappa shape index (κ1) is 12.0. The fraction of sp³-hybridized carbons (Fsp3) is 0.444. The molecular weight excluding hydrogens is 246 g/mol. The largest absolute Gasteiger partial charge is 0.394 e. The monoisotopic (exact) mass is 257 g/mol. The van der Waals surface area contributed by atoms with Gasteiger partial charge >= 0.3 is 0 Å². The third kappa shape index (κ3) is 2.31. The van der Waals surface area contributed by atoms with Gasteiger partial charge in [-0.15, -0.1) is 0 Å². The summed E-state index contributed by atoms with van der Waals surface area (Å²) in [6.45, 7) is 1.16. The predicted molar refractivity (Wildman–Crippen MR) is 62.9 cm³/mol. The van der Waals surface area contributed by atoms with E-state index in [1.165, 1.54) is 6.33 Å². The van der Waals surface area contributed by atoms with Crippen LogP contribution in [0.2, 0.25) is 5.28 Å². The lowest BCUT2D eigenvalue weighted by Gasteiger charge is -2.26. The van der Waals surface area contributed by atoms with Crippen LogP contribution in [0.15, 0.2) is 6.33 Å². The van der Waals surface area contributed by atoms with Crippen LogP contribution >= 0.6 is 11.6 Å². The lowest BCUT2D eigenvalue weighted by molar-refractivity contribution is 0.147. The second kappa shape index (κ2) is 4.44. The summed E-state index contributed by atoms with van der Waals surface area (Å²) in [5.74, 6) is 0.392. The topological polar surface area (TPSA) is 107 Å². The van der Waals surface area contributed by atoms with Crippen LogP contribution in [0, 0.1) is 0 Å². The van der Waals surface area contributed by atoms with Crippen molar-refractivity contribution in [1.29, 1.82) is 0 Å². The third-order valence-corrected chi connectivity index (χ3v) is 2.55. The summed E-state index contributed by atoms with van der Waals surface area (Å²) < 4.78 is 0. The Bertz CT molecular complexity index is 525. The Morgan fingerprint density at radius 1 is 1.41 bits per heavy atom. The summed E-state index contributed by atoms with van der Waals surface area (Å²) >= 11 is 5.75. The number of nitrogens with one attached hydrogen (secondary N) is 2. The molecule has 0 spiro atoms. The molecule has 8 heteroatoms. The molecule has 0 aliphatic heterocycles. The summed E-state index contributed by atoms with van der Waals surface area (Å²) in [4.78, 5) is 14.8. The summed E-state index contributed by atoms with van der Waals surface area (Å²) in [6, 6.07) is 0. The minimum atomic E-state index is -0.893. The second-order valence-corrected chi connectivity index (χ2v) is 4.28. The molecule has 0 atom stereocenters. The molecule has 0 fully saturated rings. The zero-order valence-corrected chi connectivity index (χ0v) is 9.86. The van der Waals surface area contributed by atoms with Crippen LogP contribution in [0.1, 0.15) is 6.92 Å². The fourth-order valence-corrected chi connectivity index (χ4v) is 1.48. The van der Waals surface area contributed by atoms with Gasteiger partial charge in [0.2, 0.25) is 5.28 Å². The van der Waals surface area contributed by atoms with Gasteiger partial charge in [0.25, 0.3) is 0 Å². The van der Waals surface area contributed by atoms with Gasteiger partial charge in [-0.05, 0) is 18.5 Å². The summed E-state index contributed by atoms with van der Waals surface area (Å²) in [5, 5.41) is 21.4. The smallest absolute Gasteiger partial charge is 0.226 e. The lowest BCUT2D eigenvalue weighted by Crippen LogP contribution is -2.42. The van der Waals surface area contributed by atoms with Crippen molar-refractivity contribution in [1.82, 2.24) is 19.9 Å². The Labute approximate surface area is 102 Å². The Morgan fingerprint density at radius 3 is 2.76 bits per heavy atom. The molecule has 92 valence electrons. The first-order valence-corrected chi connectivity index (χ1v) is 5.32. The number of fused-ring (bicyclic) bond motifs is 1. The Hall–Kier alpha value is -1.44. The Balaban J connectivity index is 2.44. The molecule has 2 aromatic heterocycles. The number of hydrogen-bond donors (Lipinski definition) is 4. The lowest BCUT2D eigenvalue weighted by atomic mass is 10.1. The summed E-state index contributed by atoms with van der Waals surface area (Å²) in [6.07, 6.45) is 1.47. The number of anilines is 1. The zero-order valence-electron chi connectivity index (χ0n) is 9.11. The molecule has 0 aliphatic rings. The minimum absolute atomic E-state index is 0.0466. The SMILES string of the molecule is CC(CO)(CO)Nc1nc(Cl)nc2nc[nH]c12. The molecule has 17 heavy (non-hydrogen) atoms. The summed E-state index contributed by atoms with van der Waals surface area (Å²) in [7, 11) is 0. The maximum absolute atomic E-state index is 9.21. The third-order valence-electron chi connectivity index (χ3n) is 2.38. The van der Waals surface area contributed by atoms with E-state index < -0.39 is 5.54 Å². The van der Waals surface area contributed by atoms with E-state index in [2.05, 4.69) is 25.3 Å². The predicted octanol–water partition coefficient (Wildman–Crippen LogP) is 0.162. The molecule has 0 unspecified atom stereocenters. The van der Waals surface area contributed by atoms with E-state index in [1.807, 2.05) is 0 Å². The Kier molecular flexibility index (Phi) is 3.14. The van der Waals surface area contributed by atoms with Crippen molar-refractivity contribution < 1.29 is 10.2 Å². The quantitative estimate of drug-likeness (QED) is 0.582. The van der Waals surface area contributed by atoms with Gasteiger partial charge < -0.3 is 20.5 Å². The van der Waals surface area contributed by atoms with Crippen molar-refractivity contribution in [3.8, 4) is 0 Å². The maximum Gasteiger partial charge on any atom is 0.226 e. The van der Waals surface area contributed by atoms with E-state index in [4.69, 9.17) is 11.6 Å². The molecule has 0 aliphatic carbocycles. The van der Waals surface area contributed by atoms with E-state index in [-0.39, 0.29) is 18.5 Å². The molecule has 4 N–H and O–H groups in total. The van der Waals surface area contributed by atoms with E-state index in [9.17, 15) is 10.2 Å². The molecule has 7 nitrogen and oxygen atoms in total. The molecule has 0 radical (unpaired) electrons. The number of aliphatic hydroxyl groups is 2. The van der Waals surface area contributed by atoms with Crippen molar-refractivity contribution in [3.63, 3.8) is 0 Å². The average Bonchev–Trinajstić information content (AvgIpc) is 2.77. The van der Waals surface area contributed by atoms with Gasteiger partial charge in [-0.3, -0.25) is 0 Å². The molecule has 2 aromatic rings. The van der Waals surface area contributed by atoms with E-state index in [1.54, 1.807) is 6.92 Å². The first-order chi connectivity index (χ1) is 8.08. The number of aromatic amines is 1. The molecule has 2 heterocycles. The van der Waals surface area contributed by atoms with Crippen LogP contribution in [-0.2, 0) is 0 Å². The number of aromatic nitrogens is 4. The molecule has 0 saturated carbocycles. The number of H-pyrrole nitrogens is 1. The van der Waals surface area contributed by atoms with Crippen LogP contribution < -0.4 is 5.32 Å². The highest BCUT2D eigenvalue weighted by molar-refractivity contribution is 6.28. The van der Waals surface area contributed by atoms with Crippen molar-refractivity contribution >= 4 is 28.6 Å². The first-order valence-electron chi connectivity index (χ1n) is 4.94. The molecular formula is C9H12ClN5O2. The highest BCUT2D eigenvalue weighted by atomic mass is 35.5. The van der Waals surface area contributed by atoms with Crippen molar-refractivity contribution in [2.75, 3.05) is 18.5 Å². The van der Waals surface area contributed by atoms with Gasteiger partial charge in [0.15, 0.2) is 11.5 Å². The molecule has 0 aromatic carbocycles. The van der Waals surface area contributed by atoms with Crippen molar-refractivity contribution in [2.24, 2.45) is 0 Å². The van der Waals surface area contributed by atoms with E-state index in [0.717, 1.165) is 0 Å². The van der Waals surface area contributed by atoms with E-state index in [0.29, 0.717) is 17.0 Å². The van der Waals surface area contributed by atoms with Gasteiger partial charge in [0.1, 0.15) is 5.52 Å². The highest BCUT2D eigenvalue weighted by Gasteiger charge is 2.24. The van der Waals surface area contributed by atoms with Gasteiger partial charge in [-0.25, -0.2) is 4.98 Å². The summed E-state index contributed by atoms with van der Waals surface area (Å²) in [5.41, 5.74) is 0.101. The van der Waals surface area contributed by atoms with Crippen LogP contribution in [0.25, 0.3) is 11.2 Å². The zero-order chi connectivity index (χ0) is 12.5. The number of nitrogens with zero attached hydrogens (tertiary/aromatic N) is 3. The standard InChI is InChI=1S/C9H12ClN5O2/c1-9(2-16,3-17)15-7-5-6(12-4-11-5)13-8(10)14-7/h4,16-17H,2-3H2,1H3,(H2,11,12,13,14,15). The number of hydrogen-bond acceptors (Lipinski definition) is 6. The van der Waals surface area contributed by atoms with Crippen molar-refractivity contribution in [2.45, 2.75) is 12.5 Å². The second-order valence-electron chi connectivity index (χ2n) is 3.94. The van der Waals surface area contributed by atoms with Gasteiger partial charge in [-0.1, -0.05) is 0 Å². The number of rotatable bonds is 4. The molecule has 0 bridgehead atoms. The number of imidazole rings is 1. The minimum Gasteiger partial charge on any atom is -0.394 e. The van der Waals surface area contributed by atoms with Crippen LogP contribution in [0.4, 0.5) is 5.82 Å². The number of aliphatic hydroxyl groups excluding tert-OH is 2. The van der Waals surface area contributed by atoms with Gasteiger partial charge in [0.05, 0.1) is 25.1 Å². The van der Waals surface area contributed by atoms with Crippen molar-refractivity contribution in [3.05, 3.63) is 11.6 Å². The van der Waals surface area contributed by atoms with E-state index >= 15 is 0 Å². The molecule has 0 saturated heterocycles. The van der Waals surface area contributed by atoms with Crippen LogP contribution in [-0.4, -0.2) is 48.9 Å². The normalized spacial score (nSPS) is 12.0. The Morgan fingerprint density at radius 2 is 2.12 bits per heavy atom. The molecule has 2 rings (SSSR count). The van der Waals surface area contributed by atoms with Crippen LogP contribution in [0.3, 0.4) is 0 Å². The van der Waals surface area contributed by atoms with Gasteiger partial charge in [-0.2, -0.15) is 9.97 Å².